The summed E-state index contributed by atoms with van der Waals surface area (Å²) in [5, 5.41) is 8.16. The van der Waals surface area contributed by atoms with E-state index in [0.29, 0.717) is 0 Å². The van der Waals surface area contributed by atoms with Crippen LogP contribution in [-0.4, -0.2) is 14.1 Å². The molecular weight excluding hydrogens is 114 g/mol. The number of nitriles is 1. The van der Waals surface area contributed by atoms with Gasteiger partial charge in [0.15, 0.2) is 0 Å². The van der Waals surface area contributed by atoms with E-state index in [4.69, 9.17) is 5.26 Å². The summed E-state index contributed by atoms with van der Waals surface area (Å²) in [5.41, 5.74) is 2.22. The Morgan fingerprint density at radius 3 is 2.75 bits per heavy atom. The minimum absolute atomic E-state index is 0.239. The lowest BCUT2D eigenvalue weighted by atomic mass is 10.6. The van der Waals surface area contributed by atoms with Crippen molar-refractivity contribution in [2.24, 2.45) is 0 Å². The zero-order valence-corrected chi connectivity index (χ0v) is 6.44. The second-order valence-electron chi connectivity index (χ2n) is 1.79. The van der Waals surface area contributed by atoms with Crippen LogP contribution in [0.2, 0.25) is 12.6 Å². The minimum atomic E-state index is -0.239. The zero-order valence-electron chi connectivity index (χ0n) is 5.44. The second kappa shape index (κ2) is 4.73. The first-order valence-corrected chi connectivity index (χ1v) is 5.08. The molecule has 0 aliphatic heterocycles. The van der Waals surface area contributed by atoms with E-state index < -0.39 is 0 Å². The molecule has 0 spiro atoms. The summed E-state index contributed by atoms with van der Waals surface area (Å²) >= 11 is 0. The molecule has 0 N–H and O–H groups in total. The molecule has 0 bridgehead atoms. The predicted octanol–water partition coefficient (Wildman–Crippen LogP) is 1.43. The van der Waals surface area contributed by atoms with Crippen molar-refractivity contribution in [3.8, 4) is 6.07 Å². The molecule has 0 aliphatic rings. The van der Waals surface area contributed by atoms with Crippen LogP contribution in [0.25, 0.3) is 0 Å². The van der Waals surface area contributed by atoms with E-state index >= 15 is 0 Å². The van der Waals surface area contributed by atoms with E-state index in [0.717, 1.165) is 12.5 Å². The van der Waals surface area contributed by atoms with Crippen molar-refractivity contribution in [2.45, 2.75) is 25.9 Å². The molecule has 0 aromatic rings. The van der Waals surface area contributed by atoms with Crippen LogP contribution in [0.15, 0.2) is 0 Å². The van der Waals surface area contributed by atoms with Gasteiger partial charge in [-0.1, -0.05) is 13.5 Å². The molecule has 1 nitrogen and oxygen atoms in total. The topological polar surface area (TPSA) is 23.8 Å². The van der Waals surface area contributed by atoms with Gasteiger partial charge in [0.1, 0.15) is 0 Å². The van der Waals surface area contributed by atoms with Crippen LogP contribution in [-0.2, 0) is 0 Å². The van der Waals surface area contributed by atoms with E-state index in [2.05, 4.69) is 25.2 Å². The molecule has 8 heavy (non-hydrogen) atoms. The maximum atomic E-state index is 8.16. The molecule has 0 fully saturated rings. The Bertz CT molecular complexity index is 121. The number of nitrogens with zero attached hydrogens (tertiary/aromatic N) is 1. The molecule has 2 heteroatoms. The first-order chi connectivity index (χ1) is 3.81. The Morgan fingerprint density at radius 1 is 1.75 bits per heavy atom. The third-order valence-electron chi connectivity index (χ3n) is 1.12. The van der Waals surface area contributed by atoms with Gasteiger partial charge in [0.25, 0.3) is 0 Å². The largest absolute Gasteiger partial charge is 0.198 e. The normalized spacial score (nSPS) is 10.9. The van der Waals surface area contributed by atoms with Gasteiger partial charge in [-0.05, 0) is 6.04 Å². The molecule has 0 aromatic heterocycles. The third-order valence-corrected chi connectivity index (χ3v) is 3.15. The fourth-order valence-corrected chi connectivity index (χ4v) is 1.19. The quantitative estimate of drug-likeness (QED) is 0.512. The van der Waals surface area contributed by atoms with Crippen LogP contribution in [0.3, 0.4) is 0 Å². The summed E-state index contributed by atoms with van der Waals surface area (Å²) < 4.78 is 0. The molecule has 0 radical (unpaired) electrons. The van der Waals surface area contributed by atoms with Gasteiger partial charge in [0.05, 0.1) is 6.07 Å². The SMILES string of the molecule is CC=[Si](C)CCC#N. The molecule has 0 saturated carbocycles. The minimum Gasteiger partial charge on any atom is -0.198 e. The van der Waals surface area contributed by atoms with Gasteiger partial charge >= 0.3 is 0 Å². The van der Waals surface area contributed by atoms with Gasteiger partial charge in [-0.2, -0.15) is 5.26 Å². The van der Waals surface area contributed by atoms with Crippen LogP contribution in [0, 0.1) is 11.3 Å². The summed E-state index contributed by atoms with van der Waals surface area (Å²) in [6.45, 7) is 4.30. The first kappa shape index (κ1) is 7.58. The standard InChI is InChI=1S/C6H11NSi/c1-3-8(2)6-4-5-7/h3H,4,6H2,1-2H3. The van der Waals surface area contributed by atoms with Crippen molar-refractivity contribution in [1.29, 1.82) is 5.26 Å². The predicted molar refractivity (Wildman–Crippen MR) is 38.4 cm³/mol. The monoisotopic (exact) mass is 125 g/mol. The number of hydrogen-bond acceptors (Lipinski definition) is 1. The molecule has 0 saturated heterocycles. The lowest BCUT2D eigenvalue weighted by molar-refractivity contribution is 1.20. The van der Waals surface area contributed by atoms with E-state index in [-0.39, 0.29) is 8.41 Å². The van der Waals surface area contributed by atoms with Gasteiger partial charge in [-0.15, -0.1) is 5.67 Å². The van der Waals surface area contributed by atoms with Crippen molar-refractivity contribution in [3.05, 3.63) is 0 Å². The molecule has 0 atom stereocenters. The van der Waals surface area contributed by atoms with Crippen molar-refractivity contribution in [2.75, 3.05) is 0 Å². The Hall–Kier alpha value is -0.423. The fourth-order valence-electron chi connectivity index (χ4n) is 0.397. The second-order valence-corrected chi connectivity index (χ2v) is 4.56. The molecule has 0 aliphatic carbocycles. The molecule has 0 unspecified atom stereocenters. The molecular formula is C6H11NSi. The van der Waals surface area contributed by atoms with Crippen molar-refractivity contribution < 1.29 is 0 Å². The Balaban J connectivity index is 3.29. The highest BCUT2D eigenvalue weighted by molar-refractivity contribution is 6.64. The van der Waals surface area contributed by atoms with Gasteiger partial charge in [-0.3, -0.25) is 0 Å². The van der Waals surface area contributed by atoms with Crippen LogP contribution in [0.1, 0.15) is 13.3 Å². The maximum absolute atomic E-state index is 8.16. The van der Waals surface area contributed by atoms with Gasteiger partial charge in [0, 0.05) is 14.8 Å². The van der Waals surface area contributed by atoms with Crippen LogP contribution >= 0.6 is 0 Å². The Labute approximate surface area is 52.2 Å². The van der Waals surface area contributed by atoms with Gasteiger partial charge in [0.2, 0.25) is 0 Å². The Morgan fingerprint density at radius 2 is 2.38 bits per heavy atom. The van der Waals surface area contributed by atoms with Gasteiger partial charge in [-0.25, -0.2) is 0 Å². The van der Waals surface area contributed by atoms with Crippen LogP contribution < -0.4 is 0 Å². The Kier molecular flexibility index (Phi) is 4.48. The summed E-state index contributed by atoms with van der Waals surface area (Å²) in [7, 11) is -0.239. The van der Waals surface area contributed by atoms with E-state index in [9.17, 15) is 0 Å². The highest BCUT2D eigenvalue weighted by Crippen LogP contribution is 1.87. The maximum Gasteiger partial charge on any atom is 0.0621 e. The average molecular weight is 125 g/mol. The van der Waals surface area contributed by atoms with Crippen molar-refractivity contribution >= 4 is 14.1 Å². The van der Waals surface area contributed by atoms with Crippen molar-refractivity contribution in [1.82, 2.24) is 0 Å². The lowest BCUT2D eigenvalue weighted by Crippen LogP contribution is -1.94. The molecule has 0 amide bonds. The van der Waals surface area contributed by atoms with Gasteiger partial charge < -0.3 is 0 Å². The van der Waals surface area contributed by atoms with E-state index in [1.54, 1.807) is 0 Å². The highest BCUT2D eigenvalue weighted by Gasteiger charge is 1.85. The lowest BCUT2D eigenvalue weighted by Gasteiger charge is -1.87. The van der Waals surface area contributed by atoms with E-state index in [1.165, 1.54) is 0 Å². The number of rotatable bonds is 2. The summed E-state index contributed by atoms with van der Waals surface area (Å²) in [5.74, 6) is 0. The highest BCUT2D eigenvalue weighted by atomic mass is 28.2. The van der Waals surface area contributed by atoms with Crippen molar-refractivity contribution in [3.63, 3.8) is 0 Å². The summed E-state index contributed by atoms with van der Waals surface area (Å²) in [4.78, 5) is 0. The first-order valence-electron chi connectivity index (χ1n) is 2.80. The third kappa shape index (κ3) is 3.76. The van der Waals surface area contributed by atoms with E-state index in [1.807, 2.05) is 0 Å². The zero-order chi connectivity index (χ0) is 6.41. The molecule has 0 aromatic carbocycles. The summed E-state index contributed by atoms with van der Waals surface area (Å²) in [6.07, 6.45) is 0.731. The van der Waals surface area contributed by atoms with Crippen LogP contribution in [0.4, 0.5) is 0 Å². The fraction of sp³-hybridized carbons (Fsp3) is 0.667. The smallest absolute Gasteiger partial charge is 0.0621 e. The molecule has 0 heterocycles. The summed E-state index contributed by atoms with van der Waals surface area (Å²) in [6, 6.07) is 3.25. The number of hydrogen-bond donors (Lipinski definition) is 0. The molecule has 44 valence electrons. The van der Waals surface area contributed by atoms with Crippen LogP contribution in [0.5, 0.6) is 0 Å². The molecule has 0 rings (SSSR count). The average Bonchev–Trinajstić information content (AvgIpc) is 1.83.